The molecule has 1 aromatic carbocycles. The summed E-state index contributed by atoms with van der Waals surface area (Å²) < 4.78 is 5.38. The van der Waals surface area contributed by atoms with E-state index in [0.717, 1.165) is 6.20 Å². The standard InChI is InChI=1S/C11H8Cl2N4O3/c1-14-11-15-5-7(17(18)19)10(16-11)20-8-4-2-3-6(12)9(8)13/h2-5H,1H3,(H,14,15,16). The number of hydrogen-bond donors (Lipinski definition) is 1. The van der Waals surface area contributed by atoms with Crippen molar-refractivity contribution in [2.24, 2.45) is 0 Å². The van der Waals surface area contributed by atoms with Gasteiger partial charge in [0.1, 0.15) is 17.0 Å². The highest BCUT2D eigenvalue weighted by Crippen LogP contribution is 2.36. The lowest BCUT2D eigenvalue weighted by molar-refractivity contribution is -0.386. The minimum Gasteiger partial charge on any atom is -0.432 e. The Hall–Kier alpha value is -2.12. The fourth-order valence-electron chi connectivity index (χ4n) is 1.35. The van der Waals surface area contributed by atoms with Gasteiger partial charge in [0.25, 0.3) is 0 Å². The average molecular weight is 315 g/mol. The minimum atomic E-state index is -0.646. The number of ether oxygens (including phenoxy) is 1. The van der Waals surface area contributed by atoms with E-state index in [1.54, 1.807) is 19.2 Å². The summed E-state index contributed by atoms with van der Waals surface area (Å²) in [7, 11) is 1.58. The summed E-state index contributed by atoms with van der Waals surface area (Å²) in [4.78, 5) is 17.9. The van der Waals surface area contributed by atoms with Gasteiger partial charge in [0, 0.05) is 7.05 Å². The molecule has 20 heavy (non-hydrogen) atoms. The summed E-state index contributed by atoms with van der Waals surface area (Å²) in [5.74, 6) is 0.130. The Kier molecular flexibility index (Phi) is 4.21. The van der Waals surface area contributed by atoms with E-state index >= 15 is 0 Å². The Labute approximate surface area is 123 Å². The molecule has 0 fully saturated rings. The molecular weight excluding hydrogens is 307 g/mol. The van der Waals surface area contributed by atoms with Crippen molar-refractivity contribution in [2.75, 3.05) is 12.4 Å². The van der Waals surface area contributed by atoms with Crippen LogP contribution in [-0.4, -0.2) is 21.9 Å². The number of halogens is 2. The topological polar surface area (TPSA) is 90.2 Å². The molecule has 0 spiro atoms. The first-order valence-corrected chi connectivity index (χ1v) is 6.09. The number of hydrogen-bond acceptors (Lipinski definition) is 6. The fraction of sp³-hybridized carbons (Fsp3) is 0.0909. The van der Waals surface area contributed by atoms with E-state index in [-0.39, 0.29) is 33.3 Å². The fourth-order valence-corrected chi connectivity index (χ4v) is 1.68. The highest BCUT2D eigenvalue weighted by Gasteiger charge is 2.20. The monoisotopic (exact) mass is 314 g/mol. The van der Waals surface area contributed by atoms with E-state index in [2.05, 4.69) is 15.3 Å². The molecule has 0 bridgehead atoms. The molecule has 1 heterocycles. The lowest BCUT2D eigenvalue weighted by Gasteiger charge is -2.08. The Bertz CT molecular complexity index is 666. The zero-order valence-corrected chi connectivity index (χ0v) is 11.6. The first-order valence-electron chi connectivity index (χ1n) is 5.34. The molecule has 2 rings (SSSR count). The van der Waals surface area contributed by atoms with Crippen molar-refractivity contribution in [1.82, 2.24) is 9.97 Å². The number of aromatic nitrogens is 2. The molecule has 0 saturated heterocycles. The number of anilines is 1. The molecule has 104 valence electrons. The Morgan fingerprint density at radius 3 is 2.80 bits per heavy atom. The van der Waals surface area contributed by atoms with Crippen molar-refractivity contribution in [1.29, 1.82) is 0 Å². The first-order chi connectivity index (χ1) is 9.52. The average Bonchev–Trinajstić information content (AvgIpc) is 2.43. The summed E-state index contributed by atoms with van der Waals surface area (Å²) in [5.41, 5.74) is -0.375. The van der Waals surface area contributed by atoms with Crippen LogP contribution in [0.15, 0.2) is 24.4 Å². The van der Waals surface area contributed by atoms with E-state index in [1.165, 1.54) is 6.07 Å². The van der Waals surface area contributed by atoms with Crippen LogP contribution in [0, 0.1) is 10.1 Å². The van der Waals surface area contributed by atoms with Gasteiger partial charge in [0.2, 0.25) is 5.95 Å². The van der Waals surface area contributed by atoms with Gasteiger partial charge in [-0.3, -0.25) is 10.1 Å². The van der Waals surface area contributed by atoms with Crippen LogP contribution in [0.3, 0.4) is 0 Å². The van der Waals surface area contributed by atoms with Gasteiger partial charge in [-0.05, 0) is 12.1 Å². The van der Waals surface area contributed by atoms with E-state index in [4.69, 9.17) is 27.9 Å². The highest BCUT2D eigenvalue weighted by molar-refractivity contribution is 6.42. The van der Waals surface area contributed by atoms with Crippen LogP contribution in [-0.2, 0) is 0 Å². The third-order valence-electron chi connectivity index (χ3n) is 2.28. The van der Waals surface area contributed by atoms with Crippen molar-refractivity contribution in [2.45, 2.75) is 0 Å². The van der Waals surface area contributed by atoms with Crippen molar-refractivity contribution < 1.29 is 9.66 Å². The zero-order chi connectivity index (χ0) is 14.7. The molecule has 0 unspecified atom stereocenters. The van der Waals surface area contributed by atoms with Crippen LogP contribution in [0.5, 0.6) is 11.6 Å². The van der Waals surface area contributed by atoms with Crippen LogP contribution >= 0.6 is 23.2 Å². The smallest absolute Gasteiger partial charge is 0.349 e. The molecule has 9 heteroatoms. The number of rotatable bonds is 4. The molecule has 0 saturated carbocycles. The van der Waals surface area contributed by atoms with Crippen molar-refractivity contribution in [3.05, 3.63) is 44.6 Å². The molecule has 0 radical (unpaired) electrons. The molecule has 2 aromatic rings. The van der Waals surface area contributed by atoms with Crippen LogP contribution in [0.2, 0.25) is 10.0 Å². The largest absolute Gasteiger partial charge is 0.432 e. The Balaban J connectivity index is 2.46. The van der Waals surface area contributed by atoms with E-state index in [9.17, 15) is 10.1 Å². The van der Waals surface area contributed by atoms with Crippen LogP contribution in [0.4, 0.5) is 11.6 Å². The van der Waals surface area contributed by atoms with Crippen molar-refractivity contribution in [3.8, 4) is 11.6 Å². The molecule has 1 N–H and O–H groups in total. The molecule has 1 aromatic heterocycles. The van der Waals surface area contributed by atoms with Crippen molar-refractivity contribution in [3.63, 3.8) is 0 Å². The summed E-state index contributed by atoms with van der Waals surface area (Å²) in [6, 6.07) is 4.71. The van der Waals surface area contributed by atoms with Gasteiger partial charge in [-0.25, -0.2) is 4.98 Å². The maximum absolute atomic E-state index is 10.9. The summed E-state index contributed by atoms with van der Waals surface area (Å²) >= 11 is 11.8. The van der Waals surface area contributed by atoms with E-state index in [1.807, 2.05) is 0 Å². The second-order valence-corrected chi connectivity index (χ2v) is 4.33. The molecule has 0 atom stereocenters. The first kappa shape index (κ1) is 14.3. The maximum atomic E-state index is 10.9. The lowest BCUT2D eigenvalue weighted by Crippen LogP contribution is -2.02. The van der Waals surface area contributed by atoms with Gasteiger partial charge in [-0.15, -0.1) is 0 Å². The van der Waals surface area contributed by atoms with Gasteiger partial charge in [-0.2, -0.15) is 4.98 Å². The Morgan fingerprint density at radius 2 is 2.15 bits per heavy atom. The number of nitrogens with one attached hydrogen (secondary N) is 1. The number of benzene rings is 1. The normalized spacial score (nSPS) is 10.2. The third-order valence-corrected chi connectivity index (χ3v) is 3.08. The predicted octanol–water partition coefficient (Wildman–Crippen LogP) is 3.53. The Morgan fingerprint density at radius 1 is 1.40 bits per heavy atom. The summed E-state index contributed by atoms with van der Waals surface area (Å²) in [6.07, 6.45) is 1.05. The molecule has 0 aliphatic rings. The highest BCUT2D eigenvalue weighted by atomic mass is 35.5. The third kappa shape index (κ3) is 2.89. The van der Waals surface area contributed by atoms with Crippen LogP contribution in [0.25, 0.3) is 0 Å². The van der Waals surface area contributed by atoms with Gasteiger partial charge in [0.15, 0.2) is 0 Å². The lowest BCUT2D eigenvalue weighted by atomic mass is 10.3. The maximum Gasteiger partial charge on any atom is 0.349 e. The van der Waals surface area contributed by atoms with E-state index in [0.29, 0.717) is 0 Å². The second-order valence-electron chi connectivity index (χ2n) is 3.55. The predicted molar refractivity (Wildman–Crippen MR) is 74.8 cm³/mol. The van der Waals surface area contributed by atoms with Gasteiger partial charge in [0.05, 0.1) is 9.95 Å². The van der Waals surface area contributed by atoms with Crippen LogP contribution < -0.4 is 10.1 Å². The molecular formula is C11H8Cl2N4O3. The summed E-state index contributed by atoms with van der Waals surface area (Å²) in [6.45, 7) is 0. The number of nitro groups is 1. The summed E-state index contributed by atoms with van der Waals surface area (Å²) in [5, 5.41) is 14.0. The number of nitrogens with zero attached hydrogens (tertiary/aromatic N) is 3. The molecule has 7 nitrogen and oxygen atoms in total. The van der Waals surface area contributed by atoms with Gasteiger partial charge >= 0.3 is 11.6 Å². The van der Waals surface area contributed by atoms with Crippen LogP contribution in [0.1, 0.15) is 0 Å². The minimum absolute atomic E-state index is 0.146. The zero-order valence-electron chi connectivity index (χ0n) is 10.1. The SMILES string of the molecule is CNc1ncc([N+](=O)[O-])c(Oc2cccc(Cl)c2Cl)n1. The molecule has 0 amide bonds. The van der Waals surface area contributed by atoms with Gasteiger partial charge < -0.3 is 10.1 Å². The molecule has 0 aliphatic heterocycles. The molecule has 0 aliphatic carbocycles. The van der Waals surface area contributed by atoms with Gasteiger partial charge in [-0.1, -0.05) is 29.3 Å². The second kappa shape index (κ2) is 5.89. The van der Waals surface area contributed by atoms with Crippen molar-refractivity contribution >= 4 is 34.8 Å². The van der Waals surface area contributed by atoms with E-state index < -0.39 is 4.92 Å². The quantitative estimate of drug-likeness (QED) is 0.685.